The fourth-order valence-corrected chi connectivity index (χ4v) is 8.26. The van der Waals surface area contributed by atoms with Crippen molar-refractivity contribution < 1.29 is 47.4 Å². The summed E-state index contributed by atoms with van der Waals surface area (Å²) in [5, 5.41) is 3.09. The zero-order chi connectivity index (χ0) is 40.4. The van der Waals surface area contributed by atoms with Crippen LogP contribution in [0.25, 0.3) is 0 Å². The van der Waals surface area contributed by atoms with E-state index >= 15 is 0 Å². The van der Waals surface area contributed by atoms with Gasteiger partial charge in [0.1, 0.15) is 6.10 Å². The minimum absolute atomic E-state index is 0.00326. The Morgan fingerprint density at radius 3 is 2.26 bits per heavy atom. The molecule has 13 nitrogen and oxygen atoms in total. The molecule has 4 N–H and O–H groups in total. The molecule has 2 aliphatic heterocycles. The molecule has 0 saturated carbocycles. The number of rotatable bonds is 8. The zero-order valence-electron chi connectivity index (χ0n) is 32.4. The first-order valence-corrected chi connectivity index (χ1v) is 20.4. The largest absolute Gasteiger partial charge is 0.481 e. The van der Waals surface area contributed by atoms with Crippen molar-refractivity contribution in [3.05, 3.63) is 71.3 Å². The van der Waals surface area contributed by atoms with Gasteiger partial charge < -0.3 is 39.6 Å². The van der Waals surface area contributed by atoms with Gasteiger partial charge in [-0.15, -0.1) is 0 Å². The zero-order valence-corrected chi connectivity index (χ0v) is 34.9. The summed E-state index contributed by atoms with van der Waals surface area (Å²) >= 11 is 3.48. The molecule has 2 unspecified atom stereocenters. The Hall–Kier alpha value is -3.55. The normalized spacial score (nSPS) is 25.1. The van der Waals surface area contributed by atoms with Crippen molar-refractivity contribution in [2.24, 2.45) is 17.1 Å². The maximum Gasteiger partial charge on any atom is 0.415 e. The molecule has 1 saturated heterocycles. The van der Waals surface area contributed by atoms with Gasteiger partial charge in [0.25, 0.3) is 0 Å². The van der Waals surface area contributed by atoms with E-state index in [1.54, 1.807) is 0 Å². The second-order valence-corrected chi connectivity index (χ2v) is 18.2. The summed E-state index contributed by atoms with van der Waals surface area (Å²) in [5.41, 5.74) is 5.96. The van der Waals surface area contributed by atoms with E-state index in [1.165, 1.54) is 26.3 Å². The van der Waals surface area contributed by atoms with Crippen LogP contribution in [-0.4, -0.2) is 76.6 Å². The van der Waals surface area contributed by atoms with Crippen molar-refractivity contribution in [1.82, 2.24) is 10.2 Å². The Balaban J connectivity index is 0.000000208. The molecular weight excluding hydrogens is 781 g/mol. The van der Waals surface area contributed by atoms with E-state index < -0.39 is 19.3 Å². The summed E-state index contributed by atoms with van der Waals surface area (Å²) in [7, 11) is -1.95. The molecule has 0 aromatic heterocycles. The number of likely N-dealkylation sites (N-methyl/N-ethyl adjacent to an activating group) is 1. The first kappa shape index (κ1) is 43.2. The number of benzene rings is 2. The predicted molar refractivity (Wildman–Crippen MR) is 208 cm³/mol. The Morgan fingerprint density at radius 2 is 1.72 bits per heavy atom. The van der Waals surface area contributed by atoms with Crippen LogP contribution in [-0.2, 0) is 45.6 Å². The Morgan fingerprint density at radius 1 is 1.07 bits per heavy atom. The van der Waals surface area contributed by atoms with Crippen LogP contribution in [0, 0.1) is 11.3 Å². The smallest absolute Gasteiger partial charge is 0.415 e. The molecule has 296 valence electrons. The standard InChI is InChI=1S/C21H23NO5.C15H22BrNO.C3H8NO4P/c1-11(23)25-16-6-4-13-10-15-14-5-7-17(26-12(2)24)20-21(14,8-9-22(15)3)18(13)19(16)27-20;1-14(2,3)12(16)13(18)17-15(4,5)11-9-7-6-8-10-11;1-2-8-9(6,7)3(4)5/h4-7,14-15,17,20H,8-10H2,1-3H3;6-10,12H,1-5H3,(H,17,18);2H2,1H3,(H2,4,5)(H,6,7)/t14-,15+,17-,20-,21-;;/m0../s1. The van der Waals surface area contributed by atoms with Gasteiger partial charge >= 0.3 is 25.2 Å². The van der Waals surface area contributed by atoms with Gasteiger partial charge in [-0.25, -0.2) is 4.57 Å². The third-order valence-corrected chi connectivity index (χ3v) is 13.1. The SMILES string of the molecule is CC(=O)Oc1ccc2c3c1O[C@H]1[C@@H](OC(C)=O)C=C[C@H]4[C@@H](C2)N(C)CC[C@@]341.CC(C)(NC(=O)C(Br)C(C)(C)C)c1ccccc1.CCOP(=O)(O)C(N)=O. The molecule has 54 heavy (non-hydrogen) atoms. The van der Waals surface area contributed by atoms with Crippen molar-refractivity contribution in [3.8, 4) is 11.5 Å². The predicted octanol–water partition coefficient (Wildman–Crippen LogP) is 6.12. The van der Waals surface area contributed by atoms with Crippen LogP contribution < -0.4 is 20.5 Å². The summed E-state index contributed by atoms with van der Waals surface area (Å²) < 4.78 is 32.0. The number of hydrogen-bond acceptors (Lipinski definition) is 10. The maximum atomic E-state index is 12.2. The number of likely N-dealkylation sites (tertiary alicyclic amines) is 1. The first-order valence-electron chi connectivity index (χ1n) is 17.9. The fraction of sp³-hybridized carbons (Fsp3) is 0.538. The van der Waals surface area contributed by atoms with E-state index in [0.717, 1.165) is 30.5 Å². The molecule has 2 aromatic carbocycles. The molecule has 1 spiro atoms. The number of esters is 2. The molecule has 2 amide bonds. The van der Waals surface area contributed by atoms with Gasteiger partial charge in [0.2, 0.25) is 5.91 Å². The summed E-state index contributed by atoms with van der Waals surface area (Å²) in [6, 6.07) is 14.3. The molecule has 1 fully saturated rings. The number of piperidine rings is 1. The summed E-state index contributed by atoms with van der Waals surface area (Å²) in [6.07, 6.45) is 5.31. The number of carbonyl (C=O) groups excluding carboxylic acids is 4. The number of nitrogens with one attached hydrogen (secondary N) is 1. The van der Waals surface area contributed by atoms with E-state index in [2.05, 4.69) is 55.6 Å². The molecule has 6 rings (SSSR count). The Labute approximate surface area is 326 Å². The van der Waals surface area contributed by atoms with E-state index in [4.69, 9.17) is 19.1 Å². The fourth-order valence-electron chi connectivity index (χ4n) is 7.67. The highest BCUT2D eigenvalue weighted by Crippen LogP contribution is 2.62. The molecule has 4 aliphatic rings. The molecule has 2 heterocycles. The van der Waals surface area contributed by atoms with Gasteiger partial charge in [-0.3, -0.25) is 19.2 Å². The van der Waals surface area contributed by atoms with Gasteiger partial charge in [-0.05, 0) is 75.9 Å². The molecule has 2 aromatic rings. The lowest BCUT2D eigenvalue weighted by Gasteiger charge is -2.56. The quantitative estimate of drug-likeness (QED) is 0.0916. The van der Waals surface area contributed by atoms with Crippen molar-refractivity contribution in [3.63, 3.8) is 0 Å². The number of carbonyl (C=O) groups is 4. The van der Waals surface area contributed by atoms with E-state index in [-0.39, 0.29) is 57.7 Å². The summed E-state index contributed by atoms with van der Waals surface area (Å²) in [6.45, 7) is 15.4. The van der Waals surface area contributed by atoms with Crippen LogP contribution >= 0.6 is 23.5 Å². The highest BCUT2D eigenvalue weighted by atomic mass is 79.9. The number of alkyl halides is 1. The van der Waals surface area contributed by atoms with E-state index in [0.29, 0.717) is 17.5 Å². The average Bonchev–Trinajstić information content (AvgIpc) is 3.43. The lowest BCUT2D eigenvalue weighted by Crippen LogP contribution is -2.65. The highest BCUT2D eigenvalue weighted by Gasteiger charge is 2.65. The molecular formula is C39H53BrN3O10P. The number of nitrogens with two attached hydrogens (primary N) is 1. The number of halogens is 1. The van der Waals surface area contributed by atoms with Crippen molar-refractivity contribution >= 4 is 47.0 Å². The van der Waals surface area contributed by atoms with E-state index in [1.807, 2.05) is 77.1 Å². The summed E-state index contributed by atoms with van der Waals surface area (Å²) in [4.78, 5) is 56.2. The second kappa shape index (κ2) is 16.7. The van der Waals surface area contributed by atoms with Crippen LogP contribution in [0.5, 0.6) is 11.5 Å². The molecule has 7 atom stereocenters. The van der Waals surface area contributed by atoms with Crippen molar-refractivity contribution in [2.75, 3.05) is 20.2 Å². The summed E-state index contributed by atoms with van der Waals surface area (Å²) in [5.74, 6) is 0.736. The van der Waals surface area contributed by atoms with Gasteiger partial charge in [-0.1, -0.05) is 79.2 Å². The maximum absolute atomic E-state index is 12.2. The molecule has 0 radical (unpaired) electrons. The lowest BCUT2D eigenvalue weighted by molar-refractivity contribution is -0.152. The second-order valence-electron chi connectivity index (χ2n) is 15.6. The van der Waals surface area contributed by atoms with Gasteiger partial charge in [0.15, 0.2) is 17.6 Å². The first-order chi connectivity index (χ1) is 25.1. The van der Waals surface area contributed by atoms with Gasteiger partial charge in [-0.2, -0.15) is 0 Å². The van der Waals surface area contributed by atoms with Crippen molar-refractivity contribution in [2.45, 2.75) is 102 Å². The van der Waals surface area contributed by atoms with E-state index in [9.17, 15) is 23.7 Å². The van der Waals surface area contributed by atoms with Crippen LogP contribution in [0.15, 0.2) is 54.6 Å². The topological polar surface area (TPSA) is 184 Å². The minimum atomic E-state index is -4.13. The number of primary amides is 1. The van der Waals surface area contributed by atoms with Crippen LogP contribution in [0.2, 0.25) is 0 Å². The minimum Gasteiger partial charge on any atom is -0.481 e. The third kappa shape index (κ3) is 9.11. The van der Waals surface area contributed by atoms with Crippen molar-refractivity contribution in [1.29, 1.82) is 0 Å². The Bertz CT molecular complexity index is 1810. The van der Waals surface area contributed by atoms with Crippen LogP contribution in [0.4, 0.5) is 4.79 Å². The number of nitrogens with zero attached hydrogens (tertiary/aromatic N) is 1. The number of hydrogen-bond donors (Lipinski definition) is 3. The molecule has 2 aliphatic carbocycles. The lowest BCUT2D eigenvalue weighted by atomic mass is 9.53. The average molecular weight is 835 g/mol. The highest BCUT2D eigenvalue weighted by molar-refractivity contribution is 9.10. The Kier molecular flexibility index (Phi) is 13.3. The van der Waals surface area contributed by atoms with Crippen LogP contribution in [0.1, 0.15) is 78.5 Å². The van der Waals surface area contributed by atoms with Gasteiger partial charge in [0, 0.05) is 36.8 Å². The van der Waals surface area contributed by atoms with Gasteiger partial charge in [0.05, 0.1) is 17.0 Å². The molecule has 15 heteroatoms. The third-order valence-electron chi connectivity index (χ3n) is 10.2. The number of ether oxygens (including phenoxy) is 3. The monoisotopic (exact) mass is 833 g/mol. The van der Waals surface area contributed by atoms with Crippen LogP contribution in [0.3, 0.4) is 0 Å². The molecule has 2 bridgehead atoms. The number of amides is 2.